The number of hydrogen-bond donors (Lipinski definition) is 1. The Hall–Kier alpha value is -1.42. The van der Waals surface area contributed by atoms with Crippen molar-refractivity contribution in [1.29, 1.82) is 5.26 Å². The minimum absolute atomic E-state index is 0.0297. The lowest BCUT2D eigenvalue weighted by molar-refractivity contribution is -0.138. The molecule has 0 saturated heterocycles. The number of nitrogens with one attached hydrogen (secondary N) is 1. The Morgan fingerprint density at radius 2 is 2.06 bits per heavy atom. The number of nitrogens with zero attached hydrogens (tertiary/aromatic N) is 1. The molecule has 0 saturated carbocycles. The fourth-order valence-corrected chi connectivity index (χ4v) is 2.13. The molecule has 7 heteroatoms. The van der Waals surface area contributed by atoms with Gasteiger partial charge in [0.25, 0.3) is 5.56 Å². The lowest BCUT2D eigenvalue weighted by Gasteiger charge is -2.13. The largest absolute Gasteiger partial charge is 0.418 e. The van der Waals surface area contributed by atoms with E-state index in [-0.39, 0.29) is 5.03 Å². The van der Waals surface area contributed by atoms with Gasteiger partial charge in [0.2, 0.25) is 0 Å². The summed E-state index contributed by atoms with van der Waals surface area (Å²) in [6.45, 7) is 2.78. The summed E-state index contributed by atoms with van der Waals surface area (Å²) in [5.41, 5.74) is -2.94. The van der Waals surface area contributed by atoms with E-state index in [4.69, 9.17) is 5.26 Å². The van der Waals surface area contributed by atoms with Gasteiger partial charge < -0.3 is 4.98 Å². The molecule has 0 bridgehead atoms. The van der Waals surface area contributed by atoms with E-state index in [9.17, 15) is 18.0 Å². The fourth-order valence-electron chi connectivity index (χ4n) is 1.39. The molecule has 0 aliphatic carbocycles. The molecule has 17 heavy (non-hydrogen) atoms. The van der Waals surface area contributed by atoms with Crippen molar-refractivity contribution in [2.75, 3.05) is 5.75 Å². The first-order valence-corrected chi connectivity index (χ1v) is 5.68. The molecule has 1 aromatic heterocycles. The minimum Gasteiger partial charge on any atom is -0.316 e. The number of aromatic amines is 1. The highest BCUT2D eigenvalue weighted by molar-refractivity contribution is 7.99. The van der Waals surface area contributed by atoms with Gasteiger partial charge in [0.1, 0.15) is 6.07 Å². The zero-order chi connectivity index (χ0) is 13.2. The van der Waals surface area contributed by atoms with Crippen molar-refractivity contribution in [3.63, 3.8) is 0 Å². The SMILES string of the molecule is CCSc1[nH]c(=O)c(C)c(C(F)(F)F)c1C#N. The van der Waals surface area contributed by atoms with Gasteiger partial charge in [-0.1, -0.05) is 6.92 Å². The molecule has 0 amide bonds. The van der Waals surface area contributed by atoms with Crippen molar-refractivity contribution in [2.45, 2.75) is 25.0 Å². The van der Waals surface area contributed by atoms with E-state index in [2.05, 4.69) is 4.98 Å². The second-order valence-electron chi connectivity index (χ2n) is 3.20. The predicted octanol–water partition coefficient (Wildman–Crippen LogP) is 2.69. The van der Waals surface area contributed by atoms with Crippen LogP contribution in [0.15, 0.2) is 9.82 Å². The summed E-state index contributed by atoms with van der Waals surface area (Å²) in [5.74, 6) is 0.463. The standard InChI is InChI=1S/C10H9F3N2OS/c1-3-17-9-6(4-14)7(10(11,12)13)5(2)8(16)15-9/h3H2,1-2H3,(H,15,16). The lowest BCUT2D eigenvalue weighted by Crippen LogP contribution is -2.21. The van der Waals surface area contributed by atoms with E-state index < -0.39 is 28.4 Å². The van der Waals surface area contributed by atoms with E-state index in [1.807, 2.05) is 0 Å². The second kappa shape index (κ2) is 4.84. The molecule has 3 nitrogen and oxygen atoms in total. The van der Waals surface area contributed by atoms with E-state index >= 15 is 0 Å². The Morgan fingerprint density at radius 1 is 1.47 bits per heavy atom. The summed E-state index contributed by atoms with van der Waals surface area (Å²) >= 11 is 1.00. The molecule has 0 aromatic carbocycles. The predicted molar refractivity (Wildman–Crippen MR) is 57.9 cm³/mol. The number of H-pyrrole nitrogens is 1. The number of thioether (sulfide) groups is 1. The van der Waals surface area contributed by atoms with Crippen LogP contribution in [0.25, 0.3) is 0 Å². The van der Waals surface area contributed by atoms with Gasteiger partial charge >= 0.3 is 6.18 Å². The molecule has 1 rings (SSSR count). The maximum absolute atomic E-state index is 12.8. The topological polar surface area (TPSA) is 56.6 Å². The van der Waals surface area contributed by atoms with E-state index in [1.165, 1.54) is 6.07 Å². The van der Waals surface area contributed by atoms with E-state index in [0.717, 1.165) is 18.7 Å². The number of nitriles is 1. The monoisotopic (exact) mass is 262 g/mol. The second-order valence-corrected chi connectivity index (χ2v) is 4.48. The van der Waals surface area contributed by atoms with Gasteiger partial charge in [-0.3, -0.25) is 4.79 Å². The molecule has 0 spiro atoms. The quantitative estimate of drug-likeness (QED) is 0.834. The fraction of sp³-hybridized carbons (Fsp3) is 0.400. The van der Waals surface area contributed by atoms with Crippen molar-refractivity contribution in [2.24, 2.45) is 0 Å². The van der Waals surface area contributed by atoms with Gasteiger partial charge in [-0.05, 0) is 12.7 Å². The van der Waals surface area contributed by atoms with Crippen molar-refractivity contribution in [1.82, 2.24) is 4.98 Å². The van der Waals surface area contributed by atoms with Crippen LogP contribution < -0.4 is 5.56 Å². The van der Waals surface area contributed by atoms with Gasteiger partial charge in [-0.15, -0.1) is 11.8 Å². The maximum atomic E-state index is 12.8. The molecule has 1 N–H and O–H groups in total. The average Bonchev–Trinajstić information content (AvgIpc) is 2.21. The highest BCUT2D eigenvalue weighted by Crippen LogP contribution is 2.35. The summed E-state index contributed by atoms with van der Waals surface area (Å²) in [4.78, 5) is 13.7. The van der Waals surface area contributed by atoms with Crippen molar-refractivity contribution >= 4 is 11.8 Å². The van der Waals surface area contributed by atoms with E-state index in [1.54, 1.807) is 6.92 Å². The third kappa shape index (κ3) is 2.64. The molecule has 1 aromatic rings. The molecular weight excluding hydrogens is 253 g/mol. The Balaban J connectivity index is 3.67. The summed E-state index contributed by atoms with van der Waals surface area (Å²) in [6.07, 6.45) is -4.70. The highest BCUT2D eigenvalue weighted by Gasteiger charge is 2.37. The summed E-state index contributed by atoms with van der Waals surface area (Å²) in [6, 6.07) is 1.51. The molecule has 0 aliphatic heterocycles. The summed E-state index contributed by atoms with van der Waals surface area (Å²) < 4.78 is 38.4. The molecule has 0 aliphatic rings. The van der Waals surface area contributed by atoms with Gasteiger partial charge in [0.15, 0.2) is 0 Å². The Morgan fingerprint density at radius 3 is 2.47 bits per heavy atom. The van der Waals surface area contributed by atoms with Crippen LogP contribution in [0.5, 0.6) is 0 Å². The molecule has 0 fully saturated rings. The molecular formula is C10H9F3N2OS. The minimum atomic E-state index is -4.70. The number of halogens is 3. The van der Waals surface area contributed by atoms with Crippen molar-refractivity contribution in [3.8, 4) is 6.07 Å². The van der Waals surface area contributed by atoms with Crippen LogP contribution >= 0.6 is 11.8 Å². The number of pyridine rings is 1. The van der Waals surface area contributed by atoms with Gasteiger partial charge in [0, 0.05) is 5.56 Å². The van der Waals surface area contributed by atoms with Crippen LogP contribution in [0.2, 0.25) is 0 Å². The first-order chi connectivity index (χ1) is 7.82. The third-order valence-electron chi connectivity index (χ3n) is 2.10. The third-order valence-corrected chi connectivity index (χ3v) is 2.99. The maximum Gasteiger partial charge on any atom is 0.418 e. The molecule has 1 heterocycles. The number of alkyl halides is 3. The zero-order valence-electron chi connectivity index (χ0n) is 9.10. The van der Waals surface area contributed by atoms with Crippen molar-refractivity contribution < 1.29 is 13.2 Å². The average molecular weight is 262 g/mol. The van der Waals surface area contributed by atoms with Crippen LogP contribution in [0, 0.1) is 18.3 Å². The van der Waals surface area contributed by atoms with Crippen LogP contribution in [-0.4, -0.2) is 10.7 Å². The highest BCUT2D eigenvalue weighted by atomic mass is 32.2. The molecule has 0 unspecified atom stereocenters. The van der Waals surface area contributed by atoms with Crippen LogP contribution in [0.1, 0.15) is 23.6 Å². The normalized spacial score (nSPS) is 11.3. The van der Waals surface area contributed by atoms with Crippen LogP contribution in [0.4, 0.5) is 13.2 Å². The Labute approximate surface area is 99.6 Å². The molecule has 0 atom stereocenters. The summed E-state index contributed by atoms with van der Waals surface area (Å²) in [7, 11) is 0. The zero-order valence-corrected chi connectivity index (χ0v) is 9.92. The van der Waals surface area contributed by atoms with Gasteiger partial charge in [-0.2, -0.15) is 18.4 Å². The Bertz CT molecular complexity index is 528. The number of hydrogen-bond acceptors (Lipinski definition) is 3. The molecule has 92 valence electrons. The molecule has 0 radical (unpaired) electrons. The lowest BCUT2D eigenvalue weighted by atomic mass is 10.1. The smallest absolute Gasteiger partial charge is 0.316 e. The van der Waals surface area contributed by atoms with Gasteiger partial charge in [0.05, 0.1) is 16.2 Å². The first kappa shape index (κ1) is 13.6. The number of aromatic nitrogens is 1. The summed E-state index contributed by atoms with van der Waals surface area (Å²) in [5, 5.41) is 8.79. The Kier molecular flexibility index (Phi) is 3.88. The van der Waals surface area contributed by atoms with Crippen molar-refractivity contribution in [3.05, 3.63) is 27.0 Å². The van der Waals surface area contributed by atoms with E-state index in [0.29, 0.717) is 5.75 Å². The first-order valence-electron chi connectivity index (χ1n) is 4.69. The van der Waals surface area contributed by atoms with Gasteiger partial charge in [-0.25, -0.2) is 0 Å². The van der Waals surface area contributed by atoms with Crippen LogP contribution in [0.3, 0.4) is 0 Å². The van der Waals surface area contributed by atoms with Crippen LogP contribution in [-0.2, 0) is 6.18 Å². The number of rotatable bonds is 2.